The molecular formula is C19H22BIN2O4. The Kier molecular flexibility index (Phi) is 6.66. The van der Waals surface area contributed by atoms with Gasteiger partial charge in [-0.05, 0) is 91.6 Å². The molecule has 0 atom stereocenters. The van der Waals surface area contributed by atoms with E-state index < -0.39 is 18.6 Å². The molecule has 0 spiro atoms. The topological polar surface area (TPSA) is 89.9 Å². The van der Waals surface area contributed by atoms with Crippen LogP contribution in [0.3, 0.4) is 0 Å². The van der Waals surface area contributed by atoms with Crippen molar-refractivity contribution >= 4 is 47.0 Å². The molecule has 0 aromatic heterocycles. The molecule has 2 aromatic rings. The number of nitrogens with zero attached hydrogens (tertiary/aromatic N) is 1. The largest absolute Gasteiger partial charge is 0.488 e. The quantitative estimate of drug-likeness (QED) is 0.356. The van der Waals surface area contributed by atoms with Gasteiger partial charge in [0, 0.05) is 14.7 Å². The monoisotopic (exact) mass is 480 g/mol. The lowest BCUT2D eigenvalue weighted by Gasteiger charge is -2.35. The minimum Gasteiger partial charge on any atom is -0.423 e. The number of nitrogens with one attached hydrogen (secondary N) is 1. The highest BCUT2D eigenvalue weighted by atomic mass is 127. The van der Waals surface area contributed by atoms with Gasteiger partial charge in [0.1, 0.15) is 0 Å². The molecule has 3 N–H and O–H groups in total. The number of hydrazine groups is 1. The second-order valence-corrected chi connectivity index (χ2v) is 8.51. The van der Waals surface area contributed by atoms with Gasteiger partial charge in [-0.15, -0.1) is 0 Å². The smallest absolute Gasteiger partial charge is 0.423 e. The van der Waals surface area contributed by atoms with Crippen LogP contribution < -0.4 is 10.9 Å². The summed E-state index contributed by atoms with van der Waals surface area (Å²) in [5.74, 6) is -0.764. The number of amides is 2. The van der Waals surface area contributed by atoms with Gasteiger partial charge in [-0.3, -0.25) is 15.0 Å². The first-order valence-corrected chi connectivity index (χ1v) is 9.46. The van der Waals surface area contributed by atoms with Gasteiger partial charge in [-0.1, -0.05) is 12.1 Å². The summed E-state index contributed by atoms with van der Waals surface area (Å²) in [7, 11) is -1.60. The molecule has 0 fully saturated rings. The van der Waals surface area contributed by atoms with Gasteiger partial charge in [-0.2, -0.15) is 0 Å². The first-order valence-electron chi connectivity index (χ1n) is 8.38. The summed E-state index contributed by atoms with van der Waals surface area (Å²) in [4.78, 5) is 25.7. The number of benzene rings is 2. The average Bonchev–Trinajstić information content (AvgIpc) is 2.57. The van der Waals surface area contributed by atoms with E-state index in [9.17, 15) is 9.59 Å². The Labute approximate surface area is 172 Å². The van der Waals surface area contributed by atoms with Crippen molar-refractivity contribution in [2.24, 2.45) is 0 Å². The zero-order valence-corrected chi connectivity index (χ0v) is 17.8. The zero-order valence-electron chi connectivity index (χ0n) is 15.7. The van der Waals surface area contributed by atoms with E-state index in [0.29, 0.717) is 11.1 Å². The van der Waals surface area contributed by atoms with Gasteiger partial charge in [0.05, 0.1) is 5.54 Å². The maximum absolute atomic E-state index is 13.0. The van der Waals surface area contributed by atoms with Crippen LogP contribution in [0.25, 0.3) is 0 Å². The first kappa shape index (κ1) is 21.4. The molecule has 2 rings (SSSR count). The van der Waals surface area contributed by atoms with Crippen molar-refractivity contribution in [3.05, 3.63) is 62.7 Å². The molecule has 142 valence electrons. The Morgan fingerprint density at radius 3 is 2.11 bits per heavy atom. The van der Waals surface area contributed by atoms with Crippen LogP contribution in [-0.2, 0) is 0 Å². The van der Waals surface area contributed by atoms with E-state index in [-0.39, 0.29) is 11.4 Å². The molecule has 2 amide bonds. The number of hydrogen-bond acceptors (Lipinski definition) is 4. The van der Waals surface area contributed by atoms with Crippen molar-refractivity contribution < 1.29 is 19.6 Å². The number of halogens is 1. The second-order valence-electron chi connectivity index (χ2n) is 7.27. The molecule has 8 heteroatoms. The van der Waals surface area contributed by atoms with Gasteiger partial charge < -0.3 is 10.0 Å². The van der Waals surface area contributed by atoms with Crippen LogP contribution in [0.4, 0.5) is 0 Å². The van der Waals surface area contributed by atoms with Crippen LogP contribution in [0.15, 0.2) is 42.5 Å². The Morgan fingerprint density at radius 2 is 1.63 bits per heavy atom. The zero-order chi connectivity index (χ0) is 20.4. The minimum absolute atomic E-state index is 0.282. The van der Waals surface area contributed by atoms with Crippen molar-refractivity contribution in [3.63, 3.8) is 0 Å². The van der Waals surface area contributed by atoms with E-state index in [4.69, 9.17) is 10.0 Å². The lowest BCUT2D eigenvalue weighted by atomic mass is 9.80. The number of rotatable bonds is 3. The molecule has 0 aliphatic carbocycles. The first-order chi connectivity index (χ1) is 12.5. The molecular weight excluding hydrogens is 458 g/mol. The maximum atomic E-state index is 13.0. The third kappa shape index (κ3) is 5.54. The molecule has 0 bridgehead atoms. The fourth-order valence-electron chi connectivity index (χ4n) is 2.48. The third-order valence-corrected chi connectivity index (χ3v) is 4.47. The van der Waals surface area contributed by atoms with Crippen molar-refractivity contribution in [1.29, 1.82) is 0 Å². The van der Waals surface area contributed by atoms with Crippen LogP contribution in [0, 0.1) is 10.5 Å². The normalized spacial score (nSPS) is 11.1. The fraction of sp³-hybridized carbons (Fsp3) is 0.263. The summed E-state index contributed by atoms with van der Waals surface area (Å²) in [6.45, 7) is 7.40. The average molecular weight is 480 g/mol. The highest BCUT2D eigenvalue weighted by Crippen LogP contribution is 2.19. The Hall–Kier alpha value is -1.91. The molecule has 0 aliphatic heterocycles. The molecule has 0 unspecified atom stereocenters. The summed E-state index contributed by atoms with van der Waals surface area (Å²) >= 11 is 2.15. The van der Waals surface area contributed by atoms with Crippen molar-refractivity contribution in [2.45, 2.75) is 33.2 Å². The van der Waals surface area contributed by atoms with Gasteiger partial charge in [0.25, 0.3) is 11.8 Å². The predicted octanol–water partition coefficient (Wildman–Crippen LogP) is 1.87. The molecule has 0 aliphatic rings. The van der Waals surface area contributed by atoms with Crippen molar-refractivity contribution in [3.8, 4) is 0 Å². The number of aryl methyl sites for hydroxylation is 1. The number of carbonyl (C=O) groups excluding carboxylic acids is 2. The predicted molar refractivity (Wildman–Crippen MR) is 114 cm³/mol. The van der Waals surface area contributed by atoms with Gasteiger partial charge in [-0.25, -0.2) is 5.01 Å². The summed E-state index contributed by atoms with van der Waals surface area (Å²) in [5.41, 5.74) is 4.07. The Morgan fingerprint density at radius 1 is 1.04 bits per heavy atom. The minimum atomic E-state index is -1.60. The Balaban J connectivity index is 2.28. The lowest BCUT2D eigenvalue weighted by molar-refractivity contribution is 0.0358. The fourth-order valence-corrected chi connectivity index (χ4v) is 3.31. The van der Waals surface area contributed by atoms with Crippen LogP contribution in [-0.4, -0.2) is 39.5 Å². The second kappa shape index (κ2) is 8.41. The molecule has 2 aromatic carbocycles. The number of hydrogen-bond donors (Lipinski definition) is 3. The summed E-state index contributed by atoms with van der Waals surface area (Å²) in [6.07, 6.45) is 0. The van der Waals surface area contributed by atoms with Crippen molar-refractivity contribution in [2.75, 3.05) is 0 Å². The van der Waals surface area contributed by atoms with E-state index in [1.807, 2.05) is 33.8 Å². The highest BCUT2D eigenvalue weighted by Gasteiger charge is 2.30. The van der Waals surface area contributed by atoms with Crippen LogP contribution >= 0.6 is 22.6 Å². The van der Waals surface area contributed by atoms with Crippen LogP contribution in [0.5, 0.6) is 0 Å². The summed E-state index contributed by atoms with van der Waals surface area (Å²) in [6, 6.07) is 11.4. The molecule has 6 nitrogen and oxygen atoms in total. The van der Waals surface area contributed by atoms with Gasteiger partial charge >= 0.3 is 7.12 Å². The molecule has 27 heavy (non-hydrogen) atoms. The SMILES string of the molecule is Cc1cc(I)cc(C(=O)N(NC(=O)c2ccc(B(O)O)cc2)C(C)(C)C)c1. The van der Waals surface area contributed by atoms with Crippen LogP contribution in [0.1, 0.15) is 47.1 Å². The molecule has 0 heterocycles. The van der Waals surface area contributed by atoms with Gasteiger partial charge in [0.2, 0.25) is 0 Å². The molecule has 0 saturated carbocycles. The maximum Gasteiger partial charge on any atom is 0.488 e. The lowest BCUT2D eigenvalue weighted by Crippen LogP contribution is -2.55. The number of carbonyl (C=O) groups is 2. The van der Waals surface area contributed by atoms with E-state index in [1.165, 1.54) is 29.3 Å². The summed E-state index contributed by atoms with van der Waals surface area (Å²) < 4.78 is 0.939. The standard InChI is InChI=1S/C19H22BIN2O4/c1-12-9-14(11-16(21)10-12)18(25)23(19(2,3)4)22-17(24)13-5-7-15(8-6-13)20(26)27/h5-11,26-27H,1-4H3,(H,22,24). The molecule has 0 saturated heterocycles. The van der Waals surface area contributed by atoms with Crippen LogP contribution in [0.2, 0.25) is 0 Å². The van der Waals surface area contributed by atoms with E-state index >= 15 is 0 Å². The van der Waals surface area contributed by atoms with Gasteiger partial charge in [0.15, 0.2) is 0 Å². The molecule has 0 radical (unpaired) electrons. The van der Waals surface area contributed by atoms with Crippen molar-refractivity contribution in [1.82, 2.24) is 10.4 Å². The summed E-state index contributed by atoms with van der Waals surface area (Å²) in [5, 5.41) is 19.6. The highest BCUT2D eigenvalue weighted by molar-refractivity contribution is 14.1. The Bertz CT molecular complexity index is 828. The van der Waals surface area contributed by atoms with E-state index in [2.05, 4.69) is 28.0 Å². The third-order valence-electron chi connectivity index (χ3n) is 3.85. The van der Waals surface area contributed by atoms with E-state index in [1.54, 1.807) is 12.1 Å². The van der Waals surface area contributed by atoms with E-state index in [0.717, 1.165) is 9.13 Å².